The molecule has 0 unspecified atom stereocenters. The summed E-state index contributed by atoms with van der Waals surface area (Å²) in [6.07, 6.45) is -3.86. The van der Waals surface area contributed by atoms with E-state index in [1.165, 1.54) is 12.1 Å². The Bertz CT molecular complexity index is 622. The van der Waals surface area contributed by atoms with Crippen LogP contribution >= 0.6 is 0 Å². The van der Waals surface area contributed by atoms with E-state index in [1.54, 1.807) is 12.1 Å². The first-order chi connectivity index (χ1) is 9.86. The van der Waals surface area contributed by atoms with Crippen molar-refractivity contribution in [3.8, 4) is 5.75 Å². The fraction of sp³-hybridized carbons (Fsp3) is 0.143. The van der Waals surface area contributed by atoms with E-state index in [9.17, 15) is 18.0 Å². The van der Waals surface area contributed by atoms with Crippen molar-refractivity contribution in [2.24, 2.45) is 0 Å². The number of pyridine rings is 1. The number of hydrogen-bond donors (Lipinski definition) is 2. The van der Waals surface area contributed by atoms with Crippen molar-refractivity contribution in [1.29, 1.82) is 0 Å². The molecule has 0 spiro atoms. The van der Waals surface area contributed by atoms with Gasteiger partial charge in [-0.25, -0.2) is 0 Å². The molecule has 7 heteroatoms. The van der Waals surface area contributed by atoms with Crippen molar-refractivity contribution in [3.05, 3.63) is 59.4 Å². The number of carbonyl (C=O) groups excluding carboxylic acids is 1. The third-order valence-corrected chi connectivity index (χ3v) is 2.71. The van der Waals surface area contributed by atoms with Crippen LogP contribution in [0, 0.1) is 0 Å². The Balaban J connectivity index is 1.99. The molecule has 1 heterocycles. The van der Waals surface area contributed by atoms with Crippen LogP contribution in [0.5, 0.6) is 5.75 Å². The third kappa shape index (κ3) is 3.95. The molecule has 2 aromatic rings. The molecule has 2 rings (SSSR count). The summed E-state index contributed by atoms with van der Waals surface area (Å²) in [7, 11) is 0. The first-order valence-electron chi connectivity index (χ1n) is 5.95. The molecule has 0 bridgehead atoms. The number of hydrogen-bond acceptors (Lipinski definition) is 3. The lowest BCUT2D eigenvalue weighted by Gasteiger charge is -2.07. The Labute approximate surface area is 118 Å². The molecule has 0 radical (unpaired) electrons. The number of carbonyl (C=O) groups is 1. The largest absolute Gasteiger partial charge is 0.508 e. The number of alkyl halides is 3. The van der Waals surface area contributed by atoms with Crippen molar-refractivity contribution in [3.63, 3.8) is 0 Å². The van der Waals surface area contributed by atoms with Gasteiger partial charge in [0, 0.05) is 12.7 Å². The molecule has 0 aliphatic rings. The quantitative estimate of drug-likeness (QED) is 0.915. The monoisotopic (exact) mass is 296 g/mol. The second kappa shape index (κ2) is 5.82. The topological polar surface area (TPSA) is 62.2 Å². The Kier molecular flexibility index (Phi) is 4.11. The highest BCUT2D eigenvalue weighted by atomic mass is 19.4. The first kappa shape index (κ1) is 14.8. The summed E-state index contributed by atoms with van der Waals surface area (Å²) in [6.45, 7) is 0.182. The Morgan fingerprint density at radius 3 is 2.33 bits per heavy atom. The molecule has 4 nitrogen and oxygen atoms in total. The maximum Gasteiger partial charge on any atom is 0.417 e. The standard InChI is InChI=1S/C14H11F3N2O2/c15-14(16,17)10-3-6-12(18-8-10)13(21)19-7-9-1-4-11(20)5-2-9/h1-6,8,20H,7H2,(H,19,21). The lowest BCUT2D eigenvalue weighted by molar-refractivity contribution is -0.137. The van der Waals surface area contributed by atoms with Gasteiger partial charge >= 0.3 is 6.18 Å². The van der Waals surface area contributed by atoms with Crippen molar-refractivity contribution in [1.82, 2.24) is 10.3 Å². The van der Waals surface area contributed by atoms with Crippen LogP contribution in [-0.4, -0.2) is 16.0 Å². The third-order valence-electron chi connectivity index (χ3n) is 2.71. The molecule has 0 aliphatic carbocycles. The van der Waals surface area contributed by atoms with E-state index in [0.717, 1.165) is 17.7 Å². The minimum atomic E-state index is -4.48. The van der Waals surface area contributed by atoms with Crippen LogP contribution in [0.3, 0.4) is 0 Å². The molecule has 21 heavy (non-hydrogen) atoms. The Hall–Kier alpha value is -2.57. The fourth-order valence-electron chi connectivity index (χ4n) is 1.58. The van der Waals surface area contributed by atoms with Gasteiger partial charge in [-0.05, 0) is 29.8 Å². The van der Waals surface area contributed by atoms with Gasteiger partial charge in [0.1, 0.15) is 11.4 Å². The molecular weight excluding hydrogens is 285 g/mol. The first-order valence-corrected chi connectivity index (χ1v) is 5.95. The molecular formula is C14H11F3N2O2. The van der Waals surface area contributed by atoms with Crippen LogP contribution in [-0.2, 0) is 12.7 Å². The van der Waals surface area contributed by atoms with Crippen LogP contribution < -0.4 is 5.32 Å². The normalized spacial score (nSPS) is 11.2. The molecule has 0 saturated heterocycles. The molecule has 0 fully saturated rings. The predicted octanol–water partition coefficient (Wildman–Crippen LogP) is 2.74. The van der Waals surface area contributed by atoms with Crippen LogP contribution in [0.1, 0.15) is 21.6 Å². The lowest BCUT2D eigenvalue weighted by atomic mass is 10.2. The van der Waals surface area contributed by atoms with E-state index in [-0.39, 0.29) is 18.0 Å². The van der Waals surface area contributed by atoms with Gasteiger partial charge in [0.2, 0.25) is 0 Å². The average molecular weight is 296 g/mol. The minimum absolute atomic E-state index is 0.0956. The fourth-order valence-corrected chi connectivity index (χ4v) is 1.58. The van der Waals surface area contributed by atoms with Crippen molar-refractivity contribution >= 4 is 5.91 Å². The highest BCUT2D eigenvalue weighted by molar-refractivity contribution is 5.92. The van der Waals surface area contributed by atoms with Crippen LogP contribution in [0.2, 0.25) is 0 Å². The van der Waals surface area contributed by atoms with Gasteiger partial charge in [-0.15, -0.1) is 0 Å². The smallest absolute Gasteiger partial charge is 0.417 e. The summed E-state index contributed by atoms with van der Waals surface area (Å²) < 4.78 is 37.1. The number of rotatable bonds is 3. The summed E-state index contributed by atoms with van der Waals surface area (Å²) >= 11 is 0. The van der Waals surface area contributed by atoms with E-state index in [4.69, 9.17) is 5.11 Å². The van der Waals surface area contributed by atoms with E-state index in [0.29, 0.717) is 6.20 Å². The van der Waals surface area contributed by atoms with Crippen molar-refractivity contribution in [2.75, 3.05) is 0 Å². The molecule has 1 aromatic heterocycles. The molecule has 1 aromatic carbocycles. The maximum absolute atomic E-state index is 12.4. The molecule has 2 N–H and O–H groups in total. The number of phenolic OH excluding ortho intramolecular Hbond substituents is 1. The number of amides is 1. The molecule has 0 aliphatic heterocycles. The van der Waals surface area contributed by atoms with Gasteiger partial charge in [-0.2, -0.15) is 13.2 Å². The van der Waals surface area contributed by atoms with Crippen LogP contribution in [0.15, 0.2) is 42.6 Å². The van der Waals surface area contributed by atoms with Crippen LogP contribution in [0.4, 0.5) is 13.2 Å². The minimum Gasteiger partial charge on any atom is -0.508 e. The number of halogens is 3. The molecule has 110 valence electrons. The highest BCUT2D eigenvalue weighted by Gasteiger charge is 2.30. The number of nitrogens with zero attached hydrogens (tertiary/aromatic N) is 1. The molecule has 0 saturated carbocycles. The second-order valence-electron chi connectivity index (χ2n) is 4.28. The van der Waals surface area contributed by atoms with Crippen LogP contribution in [0.25, 0.3) is 0 Å². The van der Waals surface area contributed by atoms with Gasteiger partial charge in [0.25, 0.3) is 5.91 Å². The summed E-state index contributed by atoms with van der Waals surface area (Å²) in [5, 5.41) is 11.6. The van der Waals surface area contributed by atoms with Crippen molar-refractivity contribution < 1.29 is 23.1 Å². The van der Waals surface area contributed by atoms with E-state index >= 15 is 0 Å². The van der Waals surface area contributed by atoms with E-state index in [2.05, 4.69) is 10.3 Å². The average Bonchev–Trinajstić information content (AvgIpc) is 2.45. The molecule has 0 atom stereocenters. The van der Waals surface area contributed by atoms with E-state index in [1.807, 2.05) is 0 Å². The van der Waals surface area contributed by atoms with E-state index < -0.39 is 17.6 Å². The number of phenols is 1. The number of aromatic nitrogens is 1. The summed E-state index contributed by atoms with van der Waals surface area (Å²) in [5.41, 5.74) is -0.257. The van der Waals surface area contributed by atoms with Gasteiger partial charge in [-0.1, -0.05) is 12.1 Å². The van der Waals surface area contributed by atoms with Gasteiger partial charge in [0.05, 0.1) is 5.56 Å². The molecule has 1 amide bonds. The number of nitrogens with one attached hydrogen (secondary N) is 1. The zero-order valence-electron chi connectivity index (χ0n) is 10.7. The maximum atomic E-state index is 12.4. The summed E-state index contributed by atoms with van der Waals surface area (Å²) in [4.78, 5) is 15.2. The zero-order valence-corrected chi connectivity index (χ0v) is 10.7. The van der Waals surface area contributed by atoms with Gasteiger partial charge < -0.3 is 10.4 Å². The zero-order chi connectivity index (χ0) is 15.5. The second-order valence-corrected chi connectivity index (χ2v) is 4.28. The summed E-state index contributed by atoms with van der Waals surface area (Å²) in [6, 6.07) is 8.01. The SMILES string of the molecule is O=C(NCc1ccc(O)cc1)c1ccc(C(F)(F)F)cn1. The lowest BCUT2D eigenvalue weighted by Crippen LogP contribution is -2.24. The Morgan fingerprint density at radius 2 is 1.81 bits per heavy atom. The predicted molar refractivity (Wildman–Crippen MR) is 68.5 cm³/mol. The highest BCUT2D eigenvalue weighted by Crippen LogP contribution is 2.28. The number of benzene rings is 1. The number of aromatic hydroxyl groups is 1. The Morgan fingerprint density at radius 1 is 1.14 bits per heavy atom. The van der Waals surface area contributed by atoms with Crippen molar-refractivity contribution in [2.45, 2.75) is 12.7 Å². The van der Waals surface area contributed by atoms with Gasteiger partial charge in [0.15, 0.2) is 0 Å². The summed E-state index contributed by atoms with van der Waals surface area (Å²) in [5.74, 6) is -0.466. The van der Waals surface area contributed by atoms with Gasteiger partial charge in [-0.3, -0.25) is 9.78 Å².